The Kier molecular flexibility index (Phi) is 5.46. The Labute approximate surface area is 155 Å². The number of nitrogens with zero attached hydrogens (tertiary/aromatic N) is 2. The summed E-state index contributed by atoms with van der Waals surface area (Å²) in [6.07, 6.45) is 1.46. The molecule has 0 saturated carbocycles. The number of benzene rings is 2. The molecule has 2 N–H and O–H groups in total. The van der Waals surface area contributed by atoms with Crippen molar-refractivity contribution in [2.75, 3.05) is 24.9 Å². The Morgan fingerprint density at radius 2 is 1.67 bits per heavy atom. The number of hydrogen-bond donors (Lipinski definition) is 2. The van der Waals surface area contributed by atoms with E-state index in [1.54, 1.807) is 30.3 Å². The van der Waals surface area contributed by atoms with Crippen LogP contribution in [0.25, 0.3) is 0 Å². The van der Waals surface area contributed by atoms with Gasteiger partial charge in [-0.15, -0.1) is 0 Å². The second-order valence-corrected chi connectivity index (χ2v) is 5.42. The minimum atomic E-state index is -0.410. The van der Waals surface area contributed by atoms with Gasteiger partial charge in [0.15, 0.2) is 11.5 Å². The fraction of sp³-hybridized carbons (Fsp3) is 0.105. The van der Waals surface area contributed by atoms with Crippen LogP contribution in [0, 0.1) is 5.82 Å². The van der Waals surface area contributed by atoms with Crippen molar-refractivity contribution >= 4 is 23.2 Å². The lowest BCUT2D eigenvalue weighted by Gasteiger charge is -2.11. The topological polar surface area (TPSA) is 85.4 Å². The maximum Gasteiger partial charge on any atom is 0.274 e. The van der Waals surface area contributed by atoms with Crippen LogP contribution in [-0.4, -0.2) is 30.1 Å². The van der Waals surface area contributed by atoms with Gasteiger partial charge in [0.2, 0.25) is 5.95 Å². The number of ether oxygens (including phenoxy) is 2. The fourth-order valence-electron chi connectivity index (χ4n) is 2.32. The number of amides is 1. The Morgan fingerprint density at radius 1 is 0.963 bits per heavy atom. The van der Waals surface area contributed by atoms with Gasteiger partial charge >= 0.3 is 0 Å². The minimum absolute atomic E-state index is 0.171. The number of methoxy groups -OCH3 is 2. The van der Waals surface area contributed by atoms with Crippen molar-refractivity contribution in [3.05, 3.63) is 66.2 Å². The second kappa shape index (κ2) is 8.13. The molecule has 0 aliphatic carbocycles. The van der Waals surface area contributed by atoms with E-state index in [9.17, 15) is 9.18 Å². The molecule has 3 rings (SSSR count). The number of carbonyl (C=O) groups is 1. The standard InChI is InChI=1S/C19H17FN4O3/c1-26-16-8-7-14(11-17(16)27-2)22-18(25)15-9-10-21-19(24-15)23-13-5-3-12(20)4-6-13/h3-11H,1-2H3,(H,22,25)(H,21,23,24). The van der Waals surface area contributed by atoms with Gasteiger partial charge < -0.3 is 20.1 Å². The molecule has 3 aromatic rings. The zero-order chi connectivity index (χ0) is 19.2. The van der Waals surface area contributed by atoms with Gasteiger partial charge in [-0.25, -0.2) is 14.4 Å². The van der Waals surface area contributed by atoms with Crippen molar-refractivity contribution in [2.45, 2.75) is 0 Å². The molecule has 1 heterocycles. The van der Waals surface area contributed by atoms with Crippen molar-refractivity contribution in [1.82, 2.24) is 9.97 Å². The van der Waals surface area contributed by atoms with Crippen LogP contribution < -0.4 is 20.1 Å². The lowest BCUT2D eigenvalue weighted by Crippen LogP contribution is -2.14. The van der Waals surface area contributed by atoms with E-state index < -0.39 is 5.91 Å². The summed E-state index contributed by atoms with van der Waals surface area (Å²) in [7, 11) is 3.05. The van der Waals surface area contributed by atoms with Gasteiger partial charge in [0.25, 0.3) is 5.91 Å². The molecule has 1 aromatic heterocycles. The average molecular weight is 368 g/mol. The minimum Gasteiger partial charge on any atom is -0.493 e. The Morgan fingerprint density at radius 3 is 2.37 bits per heavy atom. The molecule has 0 aliphatic heterocycles. The Hall–Kier alpha value is -3.68. The van der Waals surface area contributed by atoms with E-state index in [4.69, 9.17) is 9.47 Å². The number of carbonyl (C=O) groups excluding carboxylic acids is 1. The number of nitrogens with one attached hydrogen (secondary N) is 2. The van der Waals surface area contributed by atoms with E-state index in [1.165, 1.54) is 38.6 Å². The highest BCUT2D eigenvalue weighted by Crippen LogP contribution is 2.29. The van der Waals surface area contributed by atoms with Crippen LogP contribution in [0.15, 0.2) is 54.7 Å². The molecule has 0 atom stereocenters. The van der Waals surface area contributed by atoms with Crippen LogP contribution in [-0.2, 0) is 0 Å². The van der Waals surface area contributed by atoms with Crippen molar-refractivity contribution in [3.63, 3.8) is 0 Å². The molecule has 0 saturated heterocycles. The molecule has 2 aromatic carbocycles. The molecule has 0 unspecified atom stereocenters. The smallest absolute Gasteiger partial charge is 0.274 e. The van der Waals surface area contributed by atoms with Crippen molar-refractivity contribution in [3.8, 4) is 11.5 Å². The zero-order valence-electron chi connectivity index (χ0n) is 14.7. The summed E-state index contributed by atoms with van der Waals surface area (Å²) in [5.74, 6) is 0.526. The van der Waals surface area contributed by atoms with Gasteiger partial charge in [-0.3, -0.25) is 4.79 Å². The van der Waals surface area contributed by atoms with Crippen molar-refractivity contribution in [1.29, 1.82) is 0 Å². The van der Waals surface area contributed by atoms with Crippen molar-refractivity contribution < 1.29 is 18.7 Å². The number of aromatic nitrogens is 2. The average Bonchev–Trinajstić information content (AvgIpc) is 2.70. The molecule has 1 amide bonds. The van der Waals surface area contributed by atoms with Crippen LogP contribution in [0.3, 0.4) is 0 Å². The fourth-order valence-corrected chi connectivity index (χ4v) is 2.32. The third-order valence-corrected chi connectivity index (χ3v) is 3.63. The summed E-state index contributed by atoms with van der Waals surface area (Å²) >= 11 is 0. The van der Waals surface area contributed by atoms with E-state index in [-0.39, 0.29) is 17.5 Å². The summed E-state index contributed by atoms with van der Waals surface area (Å²) < 4.78 is 23.4. The van der Waals surface area contributed by atoms with E-state index in [2.05, 4.69) is 20.6 Å². The first-order valence-electron chi connectivity index (χ1n) is 7.98. The molecule has 27 heavy (non-hydrogen) atoms. The largest absolute Gasteiger partial charge is 0.493 e. The first kappa shape index (κ1) is 18.1. The summed E-state index contributed by atoms with van der Waals surface area (Å²) in [6, 6.07) is 12.3. The Bertz CT molecular complexity index is 948. The van der Waals surface area contributed by atoms with Crippen LogP contribution in [0.4, 0.5) is 21.7 Å². The number of halogens is 1. The summed E-state index contributed by atoms with van der Waals surface area (Å²) in [6.45, 7) is 0. The van der Waals surface area contributed by atoms with Crippen molar-refractivity contribution in [2.24, 2.45) is 0 Å². The van der Waals surface area contributed by atoms with Crippen LogP contribution in [0.5, 0.6) is 11.5 Å². The third-order valence-electron chi connectivity index (χ3n) is 3.63. The molecular weight excluding hydrogens is 351 g/mol. The van der Waals surface area contributed by atoms with Gasteiger partial charge in [0, 0.05) is 23.6 Å². The number of anilines is 3. The predicted molar refractivity (Wildman–Crippen MR) is 99.2 cm³/mol. The number of rotatable bonds is 6. The normalized spacial score (nSPS) is 10.2. The molecule has 0 aliphatic rings. The molecule has 8 heteroatoms. The molecule has 0 fully saturated rings. The lowest BCUT2D eigenvalue weighted by molar-refractivity contribution is 0.102. The van der Waals surface area contributed by atoms with E-state index in [0.717, 1.165) is 0 Å². The van der Waals surface area contributed by atoms with Gasteiger partial charge in [0.1, 0.15) is 11.5 Å². The first-order valence-corrected chi connectivity index (χ1v) is 7.98. The van der Waals surface area contributed by atoms with E-state index >= 15 is 0 Å². The maximum absolute atomic E-state index is 13.0. The van der Waals surface area contributed by atoms with Gasteiger partial charge in [-0.05, 0) is 42.5 Å². The molecule has 0 spiro atoms. The van der Waals surface area contributed by atoms with E-state index in [0.29, 0.717) is 22.9 Å². The highest BCUT2D eigenvalue weighted by Gasteiger charge is 2.11. The molecule has 138 valence electrons. The van der Waals surface area contributed by atoms with Gasteiger partial charge in [-0.1, -0.05) is 0 Å². The highest BCUT2D eigenvalue weighted by molar-refractivity contribution is 6.03. The monoisotopic (exact) mass is 368 g/mol. The highest BCUT2D eigenvalue weighted by atomic mass is 19.1. The Balaban J connectivity index is 1.74. The molecule has 7 nitrogen and oxygen atoms in total. The summed E-state index contributed by atoms with van der Waals surface area (Å²) in [4.78, 5) is 20.7. The summed E-state index contributed by atoms with van der Waals surface area (Å²) in [5.41, 5.74) is 1.31. The number of hydrogen-bond acceptors (Lipinski definition) is 6. The second-order valence-electron chi connectivity index (χ2n) is 5.42. The first-order chi connectivity index (χ1) is 13.1. The quantitative estimate of drug-likeness (QED) is 0.691. The van der Waals surface area contributed by atoms with Gasteiger partial charge in [0.05, 0.1) is 14.2 Å². The predicted octanol–water partition coefficient (Wildman–Crippen LogP) is 3.63. The van der Waals surface area contributed by atoms with Crippen LogP contribution >= 0.6 is 0 Å². The third kappa shape index (κ3) is 4.49. The molecule has 0 radical (unpaired) electrons. The molecular formula is C19H17FN4O3. The van der Waals surface area contributed by atoms with Crippen LogP contribution in [0.2, 0.25) is 0 Å². The van der Waals surface area contributed by atoms with Crippen LogP contribution in [0.1, 0.15) is 10.5 Å². The lowest BCUT2D eigenvalue weighted by atomic mass is 10.2. The van der Waals surface area contributed by atoms with Gasteiger partial charge in [-0.2, -0.15) is 0 Å². The SMILES string of the molecule is COc1ccc(NC(=O)c2ccnc(Nc3ccc(F)cc3)n2)cc1OC. The zero-order valence-corrected chi connectivity index (χ0v) is 14.7. The van der Waals surface area contributed by atoms with E-state index in [1.807, 2.05) is 0 Å². The molecule has 0 bridgehead atoms. The summed E-state index contributed by atoms with van der Waals surface area (Å²) in [5, 5.41) is 5.66. The maximum atomic E-state index is 13.0.